The quantitative estimate of drug-likeness (QED) is 0.624. The molecule has 2 rings (SSSR count). The summed E-state index contributed by atoms with van der Waals surface area (Å²) in [6.07, 6.45) is 3.35. The molecule has 18 heavy (non-hydrogen) atoms. The van der Waals surface area contributed by atoms with Gasteiger partial charge in [0, 0.05) is 11.6 Å². The SMILES string of the molecule is CC(c1ccc(F)cc1)C1(N)NC(N)=CC=C1N. The van der Waals surface area contributed by atoms with Crippen molar-refractivity contribution in [1.29, 1.82) is 0 Å². The number of rotatable bonds is 2. The van der Waals surface area contributed by atoms with E-state index in [2.05, 4.69) is 5.32 Å². The molecule has 0 fully saturated rings. The zero-order valence-electron chi connectivity index (χ0n) is 10.2. The van der Waals surface area contributed by atoms with Crippen LogP contribution in [0.2, 0.25) is 0 Å². The maximum absolute atomic E-state index is 12.9. The Hall–Kier alpha value is -2.01. The van der Waals surface area contributed by atoms with E-state index in [1.165, 1.54) is 12.1 Å². The highest BCUT2D eigenvalue weighted by molar-refractivity contribution is 5.36. The lowest BCUT2D eigenvalue weighted by Gasteiger charge is -2.39. The first kappa shape index (κ1) is 12.4. The largest absolute Gasteiger partial charge is 0.399 e. The molecule has 0 saturated heterocycles. The normalized spacial score (nSPS) is 24.8. The van der Waals surface area contributed by atoms with Crippen LogP contribution in [0, 0.1) is 5.82 Å². The van der Waals surface area contributed by atoms with Crippen molar-refractivity contribution >= 4 is 0 Å². The number of nitrogens with two attached hydrogens (primary N) is 3. The van der Waals surface area contributed by atoms with Gasteiger partial charge >= 0.3 is 0 Å². The molecular weight excluding hydrogens is 231 g/mol. The van der Waals surface area contributed by atoms with E-state index in [4.69, 9.17) is 17.2 Å². The van der Waals surface area contributed by atoms with Crippen LogP contribution in [0.15, 0.2) is 47.9 Å². The summed E-state index contributed by atoms with van der Waals surface area (Å²) in [5, 5.41) is 2.98. The monoisotopic (exact) mass is 248 g/mol. The van der Waals surface area contributed by atoms with Gasteiger partial charge in [-0.05, 0) is 29.8 Å². The second-order valence-electron chi connectivity index (χ2n) is 4.51. The second kappa shape index (κ2) is 4.34. The third kappa shape index (κ3) is 2.04. The Morgan fingerprint density at radius 3 is 2.39 bits per heavy atom. The smallest absolute Gasteiger partial charge is 0.134 e. The summed E-state index contributed by atoms with van der Waals surface area (Å²) >= 11 is 0. The fourth-order valence-electron chi connectivity index (χ4n) is 2.04. The summed E-state index contributed by atoms with van der Waals surface area (Å²) in [6, 6.07) is 6.18. The Morgan fingerprint density at radius 2 is 1.78 bits per heavy atom. The molecule has 1 aliphatic rings. The Bertz CT molecular complexity index is 506. The zero-order chi connectivity index (χ0) is 13.3. The molecule has 96 valence electrons. The fourth-order valence-corrected chi connectivity index (χ4v) is 2.04. The highest BCUT2D eigenvalue weighted by Gasteiger charge is 2.37. The summed E-state index contributed by atoms with van der Waals surface area (Å²) in [6.45, 7) is 1.92. The maximum atomic E-state index is 12.9. The minimum absolute atomic E-state index is 0.151. The predicted molar refractivity (Wildman–Crippen MR) is 69.4 cm³/mol. The molecule has 1 aromatic rings. The lowest BCUT2D eigenvalue weighted by Crippen LogP contribution is -2.62. The van der Waals surface area contributed by atoms with Crippen molar-refractivity contribution in [3.05, 3.63) is 59.3 Å². The topological polar surface area (TPSA) is 90.1 Å². The highest BCUT2D eigenvalue weighted by atomic mass is 19.1. The second-order valence-corrected chi connectivity index (χ2v) is 4.51. The summed E-state index contributed by atoms with van der Waals surface area (Å²) in [5.74, 6) is 0.0267. The molecule has 0 spiro atoms. The van der Waals surface area contributed by atoms with Gasteiger partial charge in [-0.15, -0.1) is 0 Å². The van der Waals surface area contributed by atoms with E-state index in [1.54, 1.807) is 24.3 Å². The molecule has 5 heteroatoms. The summed E-state index contributed by atoms with van der Waals surface area (Å²) < 4.78 is 12.9. The van der Waals surface area contributed by atoms with Crippen LogP contribution in [0.4, 0.5) is 4.39 Å². The highest BCUT2D eigenvalue weighted by Crippen LogP contribution is 2.30. The van der Waals surface area contributed by atoms with Crippen LogP contribution in [-0.2, 0) is 0 Å². The van der Waals surface area contributed by atoms with Crippen LogP contribution in [0.3, 0.4) is 0 Å². The average Bonchev–Trinajstić information content (AvgIpc) is 2.34. The van der Waals surface area contributed by atoms with Gasteiger partial charge in [-0.1, -0.05) is 19.1 Å². The van der Waals surface area contributed by atoms with Crippen molar-refractivity contribution in [2.45, 2.75) is 18.5 Å². The van der Waals surface area contributed by atoms with Gasteiger partial charge in [0.25, 0.3) is 0 Å². The molecule has 0 bridgehead atoms. The van der Waals surface area contributed by atoms with Crippen molar-refractivity contribution < 1.29 is 4.39 Å². The van der Waals surface area contributed by atoms with Crippen molar-refractivity contribution in [2.24, 2.45) is 17.2 Å². The van der Waals surface area contributed by atoms with Gasteiger partial charge in [0.2, 0.25) is 0 Å². The Balaban J connectivity index is 2.33. The zero-order valence-corrected chi connectivity index (χ0v) is 10.2. The van der Waals surface area contributed by atoms with Crippen LogP contribution < -0.4 is 22.5 Å². The van der Waals surface area contributed by atoms with E-state index in [0.29, 0.717) is 11.5 Å². The first-order valence-electron chi connectivity index (χ1n) is 5.69. The Labute approximate surface area is 105 Å². The molecule has 1 aliphatic heterocycles. The van der Waals surface area contributed by atoms with E-state index in [-0.39, 0.29) is 11.7 Å². The van der Waals surface area contributed by atoms with Gasteiger partial charge in [-0.2, -0.15) is 0 Å². The third-order valence-corrected chi connectivity index (χ3v) is 3.32. The van der Waals surface area contributed by atoms with Crippen LogP contribution in [0.1, 0.15) is 18.4 Å². The number of hydrogen-bond acceptors (Lipinski definition) is 4. The number of dihydropyridines is 1. The molecule has 4 nitrogen and oxygen atoms in total. The van der Waals surface area contributed by atoms with Crippen LogP contribution in [-0.4, -0.2) is 5.66 Å². The first-order chi connectivity index (χ1) is 8.43. The Morgan fingerprint density at radius 1 is 1.17 bits per heavy atom. The molecule has 0 aromatic heterocycles. The van der Waals surface area contributed by atoms with Gasteiger partial charge in [0.1, 0.15) is 11.5 Å². The number of halogens is 1. The standard InChI is InChI=1S/C13H17FN4/c1-8(9-2-4-10(14)5-3-9)13(17)11(15)6-7-12(16)18-13/h2-8,18H,15-17H2,1H3. The molecule has 0 aliphatic carbocycles. The number of benzene rings is 1. The van der Waals surface area contributed by atoms with E-state index in [0.717, 1.165) is 5.56 Å². The average molecular weight is 248 g/mol. The lowest BCUT2D eigenvalue weighted by atomic mass is 9.84. The minimum atomic E-state index is -0.962. The lowest BCUT2D eigenvalue weighted by molar-refractivity contribution is 0.357. The fraction of sp³-hybridized carbons (Fsp3) is 0.231. The molecule has 2 atom stereocenters. The molecule has 7 N–H and O–H groups in total. The molecule has 0 saturated carbocycles. The van der Waals surface area contributed by atoms with Crippen molar-refractivity contribution in [1.82, 2.24) is 5.32 Å². The van der Waals surface area contributed by atoms with Gasteiger partial charge in [0.15, 0.2) is 0 Å². The van der Waals surface area contributed by atoms with Crippen LogP contribution in [0.5, 0.6) is 0 Å². The number of nitrogens with one attached hydrogen (secondary N) is 1. The van der Waals surface area contributed by atoms with E-state index >= 15 is 0 Å². The van der Waals surface area contributed by atoms with E-state index < -0.39 is 5.66 Å². The first-order valence-corrected chi connectivity index (χ1v) is 5.69. The molecule has 2 unspecified atom stereocenters. The molecular formula is C13H17FN4. The van der Waals surface area contributed by atoms with Crippen molar-refractivity contribution in [2.75, 3.05) is 0 Å². The van der Waals surface area contributed by atoms with Gasteiger partial charge in [-0.3, -0.25) is 0 Å². The Kier molecular flexibility index (Phi) is 3.00. The molecule has 0 amide bonds. The summed E-state index contributed by atoms with van der Waals surface area (Å²) in [4.78, 5) is 0. The molecule has 1 aromatic carbocycles. The summed E-state index contributed by atoms with van der Waals surface area (Å²) in [7, 11) is 0. The van der Waals surface area contributed by atoms with Crippen molar-refractivity contribution in [3.8, 4) is 0 Å². The van der Waals surface area contributed by atoms with Gasteiger partial charge in [-0.25, -0.2) is 4.39 Å². The minimum Gasteiger partial charge on any atom is -0.399 e. The van der Waals surface area contributed by atoms with Gasteiger partial charge < -0.3 is 22.5 Å². The number of hydrogen-bond donors (Lipinski definition) is 4. The van der Waals surface area contributed by atoms with Gasteiger partial charge in [0.05, 0.1) is 5.82 Å². The van der Waals surface area contributed by atoms with Crippen molar-refractivity contribution in [3.63, 3.8) is 0 Å². The summed E-state index contributed by atoms with van der Waals surface area (Å²) in [5.41, 5.74) is 18.4. The van der Waals surface area contributed by atoms with E-state index in [9.17, 15) is 4.39 Å². The molecule has 0 radical (unpaired) electrons. The third-order valence-electron chi connectivity index (χ3n) is 3.32. The maximum Gasteiger partial charge on any atom is 0.134 e. The van der Waals surface area contributed by atoms with E-state index in [1.807, 2.05) is 6.92 Å². The number of allylic oxidation sites excluding steroid dienone is 2. The van der Waals surface area contributed by atoms with Crippen LogP contribution in [0.25, 0.3) is 0 Å². The molecule has 1 heterocycles. The predicted octanol–water partition coefficient (Wildman–Crippen LogP) is 0.830. The van der Waals surface area contributed by atoms with Crippen LogP contribution >= 0.6 is 0 Å².